The van der Waals surface area contributed by atoms with Crippen LogP contribution in [-0.2, 0) is 11.2 Å². The molecule has 1 amide bonds. The van der Waals surface area contributed by atoms with Crippen molar-refractivity contribution in [3.8, 4) is 0 Å². The van der Waals surface area contributed by atoms with Gasteiger partial charge in [-0.1, -0.05) is 23.7 Å². The first kappa shape index (κ1) is 13.2. The van der Waals surface area contributed by atoms with Crippen molar-refractivity contribution < 1.29 is 69.1 Å². The molecule has 74 valence electrons. The van der Waals surface area contributed by atoms with E-state index in [1.54, 1.807) is 0 Å². The Morgan fingerprint density at radius 3 is 2.53 bits per heavy atom. The summed E-state index contributed by atoms with van der Waals surface area (Å²) in [6.45, 7) is -5.05. The van der Waals surface area contributed by atoms with Crippen LogP contribution >= 0.6 is 0 Å². The molecule has 1 aromatic carbocycles. The first-order chi connectivity index (χ1) is 6.48. The number of para-hydroxylation sites is 1. The fourth-order valence-corrected chi connectivity index (χ4v) is 1.55. The topological polar surface area (TPSA) is 29.1 Å². The van der Waals surface area contributed by atoms with E-state index < -0.39 is 12.4 Å². The van der Waals surface area contributed by atoms with Crippen LogP contribution in [0.5, 0.6) is 0 Å². The van der Waals surface area contributed by atoms with Crippen molar-refractivity contribution in [2.75, 3.05) is 5.32 Å². The zero-order chi connectivity index (χ0) is 10.3. The normalized spacial score (nSPS) is 14.2. The fourth-order valence-electron chi connectivity index (χ4n) is 1.55. The number of carbonyl (C=O) groups excluding carboxylic acids is 1. The Bertz CT molecular complexity index is 407. The summed E-state index contributed by atoms with van der Waals surface area (Å²) in [5, 5.41) is 2.23. The van der Waals surface area contributed by atoms with Gasteiger partial charge in [-0.2, -0.15) is 0 Å². The van der Waals surface area contributed by atoms with Crippen molar-refractivity contribution in [2.24, 2.45) is 0 Å². The molecule has 0 spiro atoms. The van der Waals surface area contributed by atoms with Crippen LogP contribution in [0.15, 0.2) is 18.2 Å². The first-order valence-corrected chi connectivity index (χ1v) is 4.10. The average Bonchev–Trinajstić information content (AvgIpc) is 2.41. The van der Waals surface area contributed by atoms with E-state index >= 15 is 0 Å². The number of amides is 1. The number of hydrogen-bond acceptors (Lipinski definition) is 1. The molecule has 0 saturated heterocycles. The summed E-state index contributed by atoms with van der Waals surface area (Å²) in [7, 11) is 0. The number of fused-ring (bicyclic) bond motifs is 1. The first-order valence-electron chi connectivity index (χ1n) is 4.10. The minimum absolute atomic E-state index is 0. The van der Waals surface area contributed by atoms with Crippen molar-refractivity contribution in [1.29, 1.82) is 0 Å². The molecule has 0 fully saturated rings. The van der Waals surface area contributed by atoms with Crippen molar-refractivity contribution in [3.63, 3.8) is 0 Å². The molecule has 1 heterocycles. The molecule has 7 heteroatoms. The van der Waals surface area contributed by atoms with Gasteiger partial charge in [0.05, 0.1) is 6.42 Å². The molecule has 0 atom stereocenters. The predicted octanol–water partition coefficient (Wildman–Crippen LogP) is -1.76. The van der Waals surface area contributed by atoms with Gasteiger partial charge in [0.1, 0.15) is 0 Å². The van der Waals surface area contributed by atoms with E-state index in [-0.39, 0.29) is 69.4 Å². The molecule has 1 aliphatic rings. The number of hydrogen-bond donors (Lipinski definition) is 1. The molecular weight excluding hydrogens is 233 g/mol. The summed E-state index contributed by atoms with van der Waals surface area (Å²) in [5.41, 5.74) is -0.356. The zero-order valence-electron chi connectivity index (χ0n) is 8.06. The van der Waals surface area contributed by atoms with E-state index in [1.165, 1.54) is 12.1 Å². The van der Waals surface area contributed by atoms with E-state index in [9.17, 15) is 17.7 Å². The Kier molecular flexibility index (Phi) is 4.05. The Balaban J connectivity index is 0.00000112. The van der Waals surface area contributed by atoms with Gasteiger partial charge in [0.2, 0.25) is 5.91 Å². The summed E-state index contributed by atoms with van der Waals surface area (Å²) < 4.78 is 37.4. The third-order valence-corrected chi connectivity index (χ3v) is 2.15. The second-order valence-electron chi connectivity index (χ2n) is 3.18. The van der Waals surface area contributed by atoms with E-state index in [4.69, 9.17) is 0 Å². The number of halogens is 3. The molecule has 0 bridgehead atoms. The SMILES string of the molecule is O=C1Cc2cccc([B-](F)(F)F)c2N1.[K+]. The van der Waals surface area contributed by atoms with E-state index in [0.717, 1.165) is 6.07 Å². The van der Waals surface area contributed by atoms with Gasteiger partial charge in [-0.15, -0.1) is 0 Å². The average molecular weight is 239 g/mol. The Hall–Kier alpha value is 0.181. The molecule has 15 heavy (non-hydrogen) atoms. The summed E-state index contributed by atoms with van der Waals surface area (Å²) in [4.78, 5) is 10.9. The van der Waals surface area contributed by atoms with E-state index in [0.29, 0.717) is 5.56 Å². The quantitative estimate of drug-likeness (QED) is 0.578. The van der Waals surface area contributed by atoms with Crippen LogP contribution in [0, 0.1) is 0 Å². The molecule has 1 aliphatic heterocycles. The maximum Gasteiger partial charge on any atom is 1.00 e. The Labute approximate surface area is 127 Å². The molecule has 0 aromatic heterocycles. The van der Waals surface area contributed by atoms with Crippen LogP contribution in [0.4, 0.5) is 18.6 Å². The van der Waals surface area contributed by atoms with Crippen molar-refractivity contribution >= 4 is 24.0 Å². The third-order valence-electron chi connectivity index (χ3n) is 2.15. The summed E-state index contributed by atoms with van der Waals surface area (Å²) in [5.74, 6) is -0.382. The summed E-state index contributed by atoms with van der Waals surface area (Å²) in [6, 6.07) is 3.84. The van der Waals surface area contributed by atoms with Crippen molar-refractivity contribution in [1.82, 2.24) is 0 Å². The van der Waals surface area contributed by atoms with Crippen LogP contribution < -0.4 is 62.2 Å². The molecule has 2 rings (SSSR count). The monoisotopic (exact) mass is 239 g/mol. The van der Waals surface area contributed by atoms with Crippen molar-refractivity contribution in [3.05, 3.63) is 23.8 Å². The second-order valence-corrected chi connectivity index (χ2v) is 3.18. The van der Waals surface area contributed by atoms with Crippen LogP contribution in [-0.4, -0.2) is 12.9 Å². The van der Waals surface area contributed by atoms with Gasteiger partial charge in [-0.25, -0.2) is 0 Å². The molecule has 1 aromatic rings. The number of anilines is 1. The Morgan fingerprint density at radius 2 is 1.93 bits per heavy atom. The number of benzene rings is 1. The van der Waals surface area contributed by atoms with Gasteiger partial charge in [-0.3, -0.25) is 4.79 Å². The molecule has 2 nitrogen and oxygen atoms in total. The minimum Gasteiger partial charge on any atom is -0.445 e. The Morgan fingerprint density at radius 1 is 1.27 bits per heavy atom. The maximum atomic E-state index is 12.5. The zero-order valence-corrected chi connectivity index (χ0v) is 11.2. The largest absolute Gasteiger partial charge is 1.00 e. The van der Waals surface area contributed by atoms with Gasteiger partial charge < -0.3 is 18.3 Å². The van der Waals surface area contributed by atoms with Crippen LogP contribution in [0.25, 0.3) is 0 Å². The number of rotatable bonds is 1. The van der Waals surface area contributed by atoms with Gasteiger partial charge in [0, 0.05) is 5.69 Å². The third kappa shape index (κ3) is 2.65. The second kappa shape index (κ2) is 4.59. The summed E-state index contributed by atoms with van der Waals surface area (Å²) in [6.07, 6.45) is 0.0370. The number of nitrogens with one attached hydrogen (secondary N) is 1. The predicted molar refractivity (Wildman–Crippen MR) is 47.5 cm³/mol. The summed E-state index contributed by atoms with van der Waals surface area (Å²) >= 11 is 0. The van der Waals surface area contributed by atoms with Crippen LogP contribution in [0.1, 0.15) is 5.56 Å². The molecule has 1 N–H and O–H groups in total. The van der Waals surface area contributed by atoms with E-state index in [1.807, 2.05) is 0 Å². The standard InChI is InChI=1S/C8H6BF3NO.K/c10-9(11,12)6-3-1-2-5-4-7(14)13-8(5)6;/h1-3H,4H2,(H,13,14);/q-1;+1. The van der Waals surface area contributed by atoms with E-state index in [2.05, 4.69) is 5.32 Å². The molecular formula is C8H6BF3KNO. The molecule has 0 saturated carbocycles. The van der Waals surface area contributed by atoms with Gasteiger partial charge in [-0.05, 0) is 5.56 Å². The van der Waals surface area contributed by atoms with Gasteiger partial charge >= 0.3 is 58.4 Å². The van der Waals surface area contributed by atoms with Crippen molar-refractivity contribution in [2.45, 2.75) is 6.42 Å². The van der Waals surface area contributed by atoms with Crippen LogP contribution in [0.2, 0.25) is 0 Å². The van der Waals surface area contributed by atoms with Gasteiger partial charge in [0.15, 0.2) is 0 Å². The number of carbonyl (C=O) groups is 1. The fraction of sp³-hybridized carbons (Fsp3) is 0.125. The maximum absolute atomic E-state index is 12.5. The molecule has 0 radical (unpaired) electrons. The molecule has 0 unspecified atom stereocenters. The molecule has 0 aliphatic carbocycles. The minimum atomic E-state index is -5.05. The smallest absolute Gasteiger partial charge is 0.445 e. The van der Waals surface area contributed by atoms with Gasteiger partial charge in [0.25, 0.3) is 0 Å². The van der Waals surface area contributed by atoms with Crippen LogP contribution in [0.3, 0.4) is 0 Å².